The molecule has 0 bridgehead atoms. The standard InChI is InChI=1S/C6H14N2/c1-3-6(7)4-5-8-2/h4,8H,3,5,7H2,1-2H3/b6-4+. The number of likely N-dealkylation sites (N-methyl/N-ethyl adjacent to an activating group) is 1. The predicted molar refractivity (Wildman–Crippen MR) is 36.5 cm³/mol. The first-order valence-corrected chi connectivity index (χ1v) is 2.90. The number of nitrogens with two attached hydrogens (primary N) is 1. The fraction of sp³-hybridized carbons (Fsp3) is 0.667. The quantitative estimate of drug-likeness (QED) is 0.559. The van der Waals surface area contributed by atoms with E-state index in [-0.39, 0.29) is 0 Å². The Balaban J connectivity index is 3.26. The van der Waals surface area contributed by atoms with Gasteiger partial charge in [0.05, 0.1) is 0 Å². The molecule has 0 radical (unpaired) electrons. The molecule has 0 saturated heterocycles. The molecule has 0 aromatic heterocycles. The maximum absolute atomic E-state index is 5.48. The van der Waals surface area contributed by atoms with E-state index in [9.17, 15) is 0 Å². The van der Waals surface area contributed by atoms with Gasteiger partial charge in [0.25, 0.3) is 0 Å². The van der Waals surface area contributed by atoms with Crippen molar-refractivity contribution < 1.29 is 0 Å². The summed E-state index contributed by atoms with van der Waals surface area (Å²) in [7, 11) is 1.90. The summed E-state index contributed by atoms with van der Waals surface area (Å²) in [6, 6.07) is 0. The molecule has 2 nitrogen and oxygen atoms in total. The fourth-order valence-corrected chi connectivity index (χ4v) is 0.377. The Morgan fingerprint density at radius 1 is 1.75 bits per heavy atom. The largest absolute Gasteiger partial charge is 0.402 e. The molecule has 0 spiro atoms. The average Bonchev–Trinajstić information content (AvgIpc) is 1.83. The van der Waals surface area contributed by atoms with Crippen LogP contribution in [0.4, 0.5) is 0 Å². The van der Waals surface area contributed by atoms with Crippen molar-refractivity contribution in [2.45, 2.75) is 13.3 Å². The zero-order valence-electron chi connectivity index (χ0n) is 5.57. The van der Waals surface area contributed by atoms with Gasteiger partial charge in [-0.15, -0.1) is 0 Å². The number of hydrogen-bond donors (Lipinski definition) is 2. The second-order valence-electron chi connectivity index (χ2n) is 1.69. The van der Waals surface area contributed by atoms with E-state index in [1.165, 1.54) is 0 Å². The second-order valence-corrected chi connectivity index (χ2v) is 1.69. The van der Waals surface area contributed by atoms with E-state index in [2.05, 4.69) is 5.32 Å². The highest BCUT2D eigenvalue weighted by atomic mass is 14.8. The first-order chi connectivity index (χ1) is 3.81. The SMILES string of the molecule is CC/C(N)=C\CNC. The molecule has 0 aromatic rings. The lowest BCUT2D eigenvalue weighted by atomic mass is 10.3. The molecular weight excluding hydrogens is 100 g/mol. The van der Waals surface area contributed by atoms with Crippen molar-refractivity contribution in [1.29, 1.82) is 0 Å². The highest BCUT2D eigenvalue weighted by Crippen LogP contribution is 1.86. The van der Waals surface area contributed by atoms with E-state index in [0.717, 1.165) is 18.7 Å². The van der Waals surface area contributed by atoms with Crippen molar-refractivity contribution in [3.63, 3.8) is 0 Å². The molecule has 0 aromatic carbocycles. The Bertz CT molecular complexity index is 76.6. The minimum Gasteiger partial charge on any atom is -0.402 e. The van der Waals surface area contributed by atoms with Gasteiger partial charge in [-0.2, -0.15) is 0 Å². The molecule has 0 fully saturated rings. The van der Waals surface area contributed by atoms with Crippen LogP contribution in [0.1, 0.15) is 13.3 Å². The zero-order valence-corrected chi connectivity index (χ0v) is 5.57. The molecule has 0 amide bonds. The second kappa shape index (κ2) is 4.65. The molecule has 0 rings (SSSR count). The maximum Gasteiger partial charge on any atom is 0.0151 e. The summed E-state index contributed by atoms with van der Waals surface area (Å²) in [6.45, 7) is 2.92. The third-order valence-corrected chi connectivity index (χ3v) is 0.977. The van der Waals surface area contributed by atoms with Gasteiger partial charge in [0.2, 0.25) is 0 Å². The van der Waals surface area contributed by atoms with Gasteiger partial charge < -0.3 is 11.1 Å². The van der Waals surface area contributed by atoms with Crippen LogP contribution in [0.5, 0.6) is 0 Å². The summed E-state index contributed by atoms with van der Waals surface area (Å²) in [5.41, 5.74) is 6.44. The smallest absolute Gasteiger partial charge is 0.0151 e. The number of rotatable bonds is 3. The number of hydrogen-bond acceptors (Lipinski definition) is 2. The third-order valence-electron chi connectivity index (χ3n) is 0.977. The molecule has 0 atom stereocenters. The van der Waals surface area contributed by atoms with Crippen molar-refractivity contribution >= 4 is 0 Å². The molecule has 3 N–H and O–H groups in total. The van der Waals surface area contributed by atoms with Crippen molar-refractivity contribution in [2.75, 3.05) is 13.6 Å². The van der Waals surface area contributed by atoms with Crippen molar-refractivity contribution in [2.24, 2.45) is 5.73 Å². The molecule has 0 heterocycles. The molecule has 2 heteroatoms. The molecule has 0 aliphatic heterocycles. The van der Waals surface area contributed by atoms with Crippen LogP contribution >= 0.6 is 0 Å². The third kappa shape index (κ3) is 3.68. The summed E-state index contributed by atoms with van der Waals surface area (Å²) in [4.78, 5) is 0. The Hall–Kier alpha value is -0.500. The normalized spacial score (nSPS) is 12.0. The maximum atomic E-state index is 5.48. The van der Waals surface area contributed by atoms with Crippen LogP contribution in [0.3, 0.4) is 0 Å². The van der Waals surface area contributed by atoms with E-state index in [1.54, 1.807) is 0 Å². The van der Waals surface area contributed by atoms with Crippen LogP contribution in [-0.4, -0.2) is 13.6 Å². The molecule has 0 aliphatic carbocycles. The van der Waals surface area contributed by atoms with Gasteiger partial charge >= 0.3 is 0 Å². The highest BCUT2D eigenvalue weighted by Gasteiger charge is 1.79. The molecule has 0 unspecified atom stereocenters. The zero-order chi connectivity index (χ0) is 6.41. The van der Waals surface area contributed by atoms with Crippen LogP contribution in [0, 0.1) is 0 Å². The lowest BCUT2D eigenvalue weighted by molar-refractivity contribution is 0.900. The molecule has 0 saturated carbocycles. The minimum absolute atomic E-state index is 0.875. The van der Waals surface area contributed by atoms with Crippen LogP contribution in [0.15, 0.2) is 11.8 Å². The van der Waals surface area contributed by atoms with E-state index in [4.69, 9.17) is 5.73 Å². The van der Waals surface area contributed by atoms with Crippen LogP contribution in [0.2, 0.25) is 0 Å². The number of allylic oxidation sites excluding steroid dienone is 1. The molecule has 0 aliphatic rings. The Labute approximate surface area is 50.8 Å². The van der Waals surface area contributed by atoms with E-state index in [0.29, 0.717) is 0 Å². The minimum atomic E-state index is 0.875. The lowest BCUT2D eigenvalue weighted by Crippen LogP contribution is -2.07. The van der Waals surface area contributed by atoms with Crippen LogP contribution < -0.4 is 11.1 Å². The molecular formula is C6H14N2. The van der Waals surface area contributed by atoms with Gasteiger partial charge in [-0.1, -0.05) is 13.0 Å². The van der Waals surface area contributed by atoms with Gasteiger partial charge in [-0.25, -0.2) is 0 Å². The van der Waals surface area contributed by atoms with Gasteiger partial charge in [-0.3, -0.25) is 0 Å². The molecule has 48 valence electrons. The van der Waals surface area contributed by atoms with Gasteiger partial charge in [0.15, 0.2) is 0 Å². The Morgan fingerprint density at radius 3 is 2.75 bits per heavy atom. The summed E-state index contributed by atoms with van der Waals surface area (Å²) >= 11 is 0. The van der Waals surface area contributed by atoms with Gasteiger partial charge in [0, 0.05) is 12.2 Å². The van der Waals surface area contributed by atoms with Crippen LogP contribution in [-0.2, 0) is 0 Å². The monoisotopic (exact) mass is 114 g/mol. The summed E-state index contributed by atoms with van der Waals surface area (Å²) < 4.78 is 0. The summed E-state index contributed by atoms with van der Waals surface area (Å²) in [5.74, 6) is 0. The van der Waals surface area contributed by atoms with Crippen molar-refractivity contribution in [1.82, 2.24) is 5.32 Å². The lowest BCUT2D eigenvalue weighted by Gasteiger charge is -1.93. The van der Waals surface area contributed by atoms with Gasteiger partial charge in [-0.05, 0) is 13.5 Å². The van der Waals surface area contributed by atoms with Crippen molar-refractivity contribution in [3.8, 4) is 0 Å². The average molecular weight is 114 g/mol. The van der Waals surface area contributed by atoms with E-state index >= 15 is 0 Å². The predicted octanol–water partition coefficient (Wildman–Crippen LogP) is 0.458. The summed E-state index contributed by atoms with van der Waals surface area (Å²) in [5, 5.41) is 2.98. The first kappa shape index (κ1) is 7.50. The topological polar surface area (TPSA) is 38.0 Å². The van der Waals surface area contributed by atoms with Gasteiger partial charge in [0.1, 0.15) is 0 Å². The summed E-state index contributed by atoms with van der Waals surface area (Å²) in [6.07, 6.45) is 2.93. The van der Waals surface area contributed by atoms with E-state index < -0.39 is 0 Å². The first-order valence-electron chi connectivity index (χ1n) is 2.90. The van der Waals surface area contributed by atoms with E-state index in [1.807, 2.05) is 20.0 Å². The highest BCUT2D eigenvalue weighted by molar-refractivity contribution is 4.95. The molecule has 8 heavy (non-hydrogen) atoms. The Morgan fingerprint density at radius 2 is 2.38 bits per heavy atom. The van der Waals surface area contributed by atoms with Crippen LogP contribution in [0.25, 0.3) is 0 Å². The van der Waals surface area contributed by atoms with Crippen molar-refractivity contribution in [3.05, 3.63) is 11.8 Å². The number of nitrogens with one attached hydrogen (secondary N) is 1. The fourth-order valence-electron chi connectivity index (χ4n) is 0.377. The Kier molecular flexibility index (Phi) is 4.36.